The fourth-order valence-electron chi connectivity index (χ4n) is 3.74. The van der Waals surface area contributed by atoms with Gasteiger partial charge in [0.25, 0.3) is 0 Å². The zero-order valence-electron chi connectivity index (χ0n) is 14.0. The van der Waals surface area contributed by atoms with Gasteiger partial charge >= 0.3 is 6.18 Å². The summed E-state index contributed by atoms with van der Waals surface area (Å²) in [6, 6.07) is 0.0912. The van der Waals surface area contributed by atoms with E-state index in [-0.39, 0.29) is 31.0 Å². The highest BCUT2D eigenvalue weighted by Crippen LogP contribution is 2.29. The number of carbonyl (C=O) groups excluding carboxylic acids is 2. The molecular weight excluding hydrogens is 357 g/mol. The average Bonchev–Trinajstić information content (AvgIpc) is 3.25. The smallest absolute Gasteiger partial charge is 0.376 e. The van der Waals surface area contributed by atoms with Crippen molar-refractivity contribution in [3.05, 3.63) is 0 Å². The van der Waals surface area contributed by atoms with Crippen molar-refractivity contribution >= 4 is 23.6 Å². The van der Waals surface area contributed by atoms with Crippen LogP contribution in [-0.2, 0) is 14.3 Å². The summed E-state index contributed by atoms with van der Waals surface area (Å²) in [6.07, 6.45) is -1.82. The number of amides is 2. The van der Waals surface area contributed by atoms with Gasteiger partial charge in [-0.2, -0.15) is 24.9 Å². The first-order valence-corrected chi connectivity index (χ1v) is 9.83. The van der Waals surface area contributed by atoms with Gasteiger partial charge in [0.1, 0.15) is 6.54 Å². The summed E-state index contributed by atoms with van der Waals surface area (Å²) in [5, 5.41) is 0. The van der Waals surface area contributed by atoms with Gasteiger partial charge in [-0.25, -0.2) is 0 Å². The van der Waals surface area contributed by atoms with Crippen molar-refractivity contribution in [1.29, 1.82) is 0 Å². The summed E-state index contributed by atoms with van der Waals surface area (Å²) < 4.78 is 43.4. The zero-order valence-corrected chi connectivity index (χ0v) is 14.8. The molecule has 25 heavy (non-hydrogen) atoms. The Bertz CT molecular complexity index is 505. The summed E-state index contributed by atoms with van der Waals surface area (Å²) in [4.78, 5) is 27.4. The molecule has 0 aliphatic carbocycles. The average molecular weight is 380 g/mol. The highest BCUT2D eigenvalue weighted by molar-refractivity contribution is 7.99. The lowest BCUT2D eigenvalue weighted by molar-refractivity contribution is -0.157. The molecule has 0 aromatic heterocycles. The molecule has 3 rings (SSSR count). The third-order valence-electron chi connectivity index (χ3n) is 4.99. The molecule has 2 amide bonds. The molecule has 3 atom stereocenters. The normalized spacial score (nSPS) is 30.3. The van der Waals surface area contributed by atoms with E-state index in [1.165, 1.54) is 0 Å². The number of ether oxygens (including phenoxy) is 1. The molecule has 3 unspecified atom stereocenters. The predicted molar refractivity (Wildman–Crippen MR) is 87.2 cm³/mol. The molecule has 0 aromatic carbocycles. The lowest BCUT2D eigenvalue weighted by Crippen LogP contribution is -2.48. The molecule has 3 heterocycles. The third kappa shape index (κ3) is 4.81. The van der Waals surface area contributed by atoms with Crippen LogP contribution < -0.4 is 0 Å². The van der Waals surface area contributed by atoms with Crippen molar-refractivity contribution in [2.24, 2.45) is 5.92 Å². The minimum Gasteiger partial charge on any atom is -0.376 e. The van der Waals surface area contributed by atoms with E-state index >= 15 is 0 Å². The molecule has 9 heteroatoms. The fraction of sp³-hybridized carbons (Fsp3) is 0.875. The maximum atomic E-state index is 13.0. The number of hydrogen-bond acceptors (Lipinski definition) is 4. The molecular formula is C16H23F3N2O3S. The Morgan fingerprint density at radius 1 is 1.36 bits per heavy atom. The monoisotopic (exact) mass is 380 g/mol. The van der Waals surface area contributed by atoms with Gasteiger partial charge in [0.15, 0.2) is 0 Å². The maximum Gasteiger partial charge on any atom is 0.406 e. The lowest BCUT2D eigenvalue weighted by atomic mass is 10.0. The first kappa shape index (κ1) is 18.8. The first-order valence-electron chi connectivity index (χ1n) is 8.68. The van der Waals surface area contributed by atoms with E-state index in [9.17, 15) is 22.8 Å². The summed E-state index contributed by atoms with van der Waals surface area (Å²) in [5.74, 6) is 0.353. The van der Waals surface area contributed by atoms with E-state index in [0.717, 1.165) is 35.7 Å². The van der Waals surface area contributed by atoms with Crippen LogP contribution in [0, 0.1) is 5.92 Å². The van der Waals surface area contributed by atoms with Crippen LogP contribution in [0.5, 0.6) is 0 Å². The number of halogens is 3. The van der Waals surface area contributed by atoms with E-state index in [1.807, 2.05) is 0 Å². The van der Waals surface area contributed by atoms with E-state index in [4.69, 9.17) is 4.74 Å². The van der Waals surface area contributed by atoms with E-state index in [2.05, 4.69) is 0 Å². The van der Waals surface area contributed by atoms with Gasteiger partial charge in [0, 0.05) is 37.9 Å². The number of carbonyl (C=O) groups is 2. The Labute approximate surface area is 149 Å². The predicted octanol–water partition coefficient (Wildman–Crippen LogP) is 1.91. The highest BCUT2D eigenvalue weighted by Gasteiger charge is 2.43. The van der Waals surface area contributed by atoms with Gasteiger partial charge in [-0.15, -0.1) is 0 Å². The van der Waals surface area contributed by atoms with Crippen molar-refractivity contribution in [3.8, 4) is 0 Å². The highest BCUT2D eigenvalue weighted by atomic mass is 32.2. The maximum absolute atomic E-state index is 13.0. The lowest BCUT2D eigenvalue weighted by Gasteiger charge is -2.32. The minimum absolute atomic E-state index is 0.00191. The number of nitrogens with zero attached hydrogens (tertiary/aromatic N) is 2. The molecule has 0 aromatic rings. The first-order chi connectivity index (χ1) is 11.8. The molecule has 0 N–H and O–H groups in total. The van der Waals surface area contributed by atoms with Crippen LogP contribution in [0.3, 0.4) is 0 Å². The Kier molecular flexibility index (Phi) is 5.82. The summed E-state index contributed by atoms with van der Waals surface area (Å²) in [5.41, 5.74) is 0. The van der Waals surface area contributed by atoms with Gasteiger partial charge in [-0.05, 0) is 25.0 Å². The Morgan fingerprint density at radius 2 is 2.16 bits per heavy atom. The number of hydrogen-bond donors (Lipinski definition) is 0. The fourth-order valence-corrected chi connectivity index (χ4v) is 4.96. The van der Waals surface area contributed by atoms with Gasteiger partial charge < -0.3 is 14.5 Å². The van der Waals surface area contributed by atoms with Crippen molar-refractivity contribution in [2.75, 3.05) is 37.7 Å². The molecule has 142 valence electrons. The van der Waals surface area contributed by atoms with E-state index in [0.29, 0.717) is 13.2 Å². The SMILES string of the molecule is O=C1CC(C(=O)N(CC2CCCO2)C2CCSC2)CN1CC(F)(F)F. The molecule has 3 aliphatic rings. The van der Waals surface area contributed by atoms with Crippen LogP contribution >= 0.6 is 11.8 Å². The molecule has 0 saturated carbocycles. The largest absolute Gasteiger partial charge is 0.406 e. The van der Waals surface area contributed by atoms with Crippen LogP contribution in [0.1, 0.15) is 25.7 Å². The summed E-state index contributed by atoms with van der Waals surface area (Å²) in [7, 11) is 0. The van der Waals surface area contributed by atoms with Crippen LogP contribution in [0.2, 0.25) is 0 Å². The van der Waals surface area contributed by atoms with Gasteiger partial charge in [0.05, 0.1) is 12.0 Å². The molecule has 3 fully saturated rings. The third-order valence-corrected chi connectivity index (χ3v) is 6.13. The minimum atomic E-state index is -4.44. The van der Waals surface area contributed by atoms with Crippen molar-refractivity contribution in [3.63, 3.8) is 0 Å². The molecule has 5 nitrogen and oxygen atoms in total. The number of thioether (sulfide) groups is 1. The van der Waals surface area contributed by atoms with Crippen LogP contribution in [0.15, 0.2) is 0 Å². The number of alkyl halides is 3. The second kappa shape index (κ2) is 7.73. The van der Waals surface area contributed by atoms with E-state index < -0.39 is 24.5 Å². The topological polar surface area (TPSA) is 49.9 Å². The Morgan fingerprint density at radius 3 is 2.76 bits per heavy atom. The summed E-state index contributed by atoms with van der Waals surface area (Å²) >= 11 is 1.78. The van der Waals surface area contributed by atoms with Gasteiger partial charge in [0.2, 0.25) is 11.8 Å². The van der Waals surface area contributed by atoms with Crippen molar-refractivity contribution in [2.45, 2.75) is 44.0 Å². The molecule has 0 spiro atoms. The van der Waals surface area contributed by atoms with Gasteiger partial charge in [-0.1, -0.05) is 0 Å². The van der Waals surface area contributed by atoms with Crippen molar-refractivity contribution < 1.29 is 27.5 Å². The van der Waals surface area contributed by atoms with Crippen LogP contribution in [0.4, 0.5) is 13.2 Å². The Hall–Kier alpha value is -0.960. The molecule has 3 aliphatic heterocycles. The van der Waals surface area contributed by atoms with Crippen LogP contribution in [0.25, 0.3) is 0 Å². The van der Waals surface area contributed by atoms with Gasteiger partial charge in [-0.3, -0.25) is 9.59 Å². The number of likely N-dealkylation sites (tertiary alicyclic amines) is 1. The zero-order chi connectivity index (χ0) is 18.0. The quantitative estimate of drug-likeness (QED) is 0.731. The Balaban J connectivity index is 1.65. The number of rotatable bonds is 5. The van der Waals surface area contributed by atoms with Crippen molar-refractivity contribution in [1.82, 2.24) is 9.80 Å². The van der Waals surface area contributed by atoms with E-state index in [1.54, 1.807) is 16.7 Å². The molecule has 0 bridgehead atoms. The standard InChI is InChI=1S/C16H23F3N2O3S/c17-16(18,19)10-20-7-11(6-14(20)22)15(23)21(12-3-5-25-9-12)8-13-2-1-4-24-13/h11-13H,1-10H2. The second-order valence-electron chi connectivity index (χ2n) is 6.93. The molecule has 0 radical (unpaired) electrons. The van der Waals surface area contributed by atoms with Crippen LogP contribution in [-0.4, -0.2) is 77.7 Å². The second-order valence-corrected chi connectivity index (χ2v) is 8.08. The summed E-state index contributed by atoms with van der Waals surface area (Å²) in [6.45, 7) is -0.249. The molecule has 3 saturated heterocycles.